The van der Waals surface area contributed by atoms with Crippen LogP contribution in [0.1, 0.15) is 21.2 Å². The van der Waals surface area contributed by atoms with Gasteiger partial charge in [0.05, 0.1) is 0 Å². The molecule has 6 unspecified atom stereocenters. The van der Waals surface area contributed by atoms with Crippen LogP contribution in [0.5, 0.6) is 0 Å². The van der Waals surface area contributed by atoms with Crippen molar-refractivity contribution in [2.75, 3.05) is 0 Å². The van der Waals surface area contributed by atoms with Gasteiger partial charge < -0.3 is 0 Å². The van der Waals surface area contributed by atoms with E-state index in [0.717, 1.165) is 23.1 Å². The zero-order valence-electron chi connectivity index (χ0n) is 38.8. The molecule has 0 aliphatic rings. The van der Waals surface area contributed by atoms with E-state index in [1.54, 1.807) is 0 Å². The minimum atomic E-state index is -2.01. The number of hydrogen-bond donors (Lipinski definition) is 0. The normalized spacial score (nSPS) is 17.5. The van der Waals surface area contributed by atoms with Gasteiger partial charge in [-0.3, -0.25) is 0 Å². The first kappa shape index (κ1) is 52.0. The first-order valence-electron chi connectivity index (χ1n) is 19.8. The Morgan fingerprint density at radius 1 is 0.360 bits per heavy atom. The molecule has 1 aromatic rings. The van der Waals surface area contributed by atoms with Gasteiger partial charge in [-0.15, -0.1) is 0 Å². The van der Waals surface area contributed by atoms with E-state index in [2.05, 4.69) is 171 Å². The molecule has 0 aliphatic heterocycles. The third kappa shape index (κ3) is 13.5. The van der Waals surface area contributed by atoms with Gasteiger partial charge in [-0.2, -0.15) is 0 Å². The summed E-state index contributed by atoms with van der Waals surface area (Å²) in [6, 6.07) is 0. The van der Waals surface area contributed by atoms with Crippen molar-refractivity contribution >= 4 is 147 Å². The van der Waals surface area contributed by atoms with E-state index in [4.69, 9.17) is 13.2 Å². The Morgan fingerprint density at radius 2 is 0.500 bits per heavy atom. The van der Waals surface area contributed by atoms with Crippen LogP contribution in [0.3, 0.4) is 0 Å². The molecule has 0 bridgehead atoms. The summed E-state index contributed by atoms with van der Waals surface area (Å²) in [4.78, 5) is 0. The molecule has 6 atom stereocenters. The van der Waals surface area contributed by atoms with E-state index in [1.807, 2.05) is 9.36 Å². The van der Waals surface area contributed by atoms with Gasteiger partial charge in [0, 0.05) is 0 Å². The summed E-state index contributed by atoms with van der Waals surface area (Å²) in [5.41, 5.74) is 0. The number of rotatable bonds is 16. The van der Waals surface area contributed by atoms with Crippen LogP contribution in [-0.4, -0.2) is 104 Å². The van der Waals surface area contributed by atoms with Crippen molar-refractivity contribution in [1.29, 1.82) is 0 Å². The Labute approximate surface area is 343 Å². The molecule has 14 heteroatoms. The van der Waals surface area contributed by atoms with Gasteiger partial charge in [0.15, 0.2) is 0 Å². The fraction of sp³-hybridized carbons (Fsp3) is 0.889. The summed E-state index contributed by atoms with van der Waals surface area (Å²) in [5.74, 6) is 0. The molecule has 0 nitrogen and oxygen atoms in total. The maximum atomic E-state index is 5.23. The van der Waals surface area contributed by atoms with E-state index in [9.17, 15) is 0 Å². The average Bonchev–Trinajstić information content (AvgIpc) is 2.76. The van der Waals surface area contributed by atoms with Gasteiger partial charge in [-0.1, -0.05) is 0 Å². The Bertz CT molecular complexity index is 1180. The van der Waals surface area contributed by atoms with Crippen LogP contribution in [0.25, 0.3) is 13.2 Å². The summed E-state index contributed by atoms with van der Waals surface area (Å²) in [6.07, 6.45) is 0. The average molecular weight is 1110 g/mol. The molecular weight excluding hydrogens is 1020 g/mol. The van der Waals surface area contributed by atoms with Gasteiger partial charge in [-0.05, 0) is 0 Å². The molecule has 0 amide bonds. The van der Waals surface area contributed by atoms with Crippen molar-refractivity contribution in [3.8, 4) is 0 Å². The second-order valence-electron chi connectivity index (χ2n) is 24.9. The van der Waals surface area contributed by atoms with E-state index in [0.29, 0.717) is 0 Å². The Morgan fingerprint density at radius 3 is 0.620 bits per heavy atom. The summed E-state index contributed by atoms with van der Waals surface area (Å²) >= 11 is -4.02. The number of hydrogen-bond acceptors (Lipinski definition) is 0. The molecule has 1 aromatic heterocycles. The first-order valence-corrected chi connectivity index (χ1v) is 64.8. The van der Waals surface area contributed by atoms with Crippen molar-refractivity contribution in [2.24, 2.45) is 0 Å². The summed E-state index contributed by atoms with van der Waals surface area (Å²) in [5, 5.41) is 0. The van der Waals surface area contributed by atoms with Gasteiger partial charge in [-0.25, -0.2) is 0 Å². The molecule has 0 N–H and O–H groups in total. The quantitative estimate of drug-likeness (QED) is 0.145. The van der Waals surface area contributed by atoms with Crippen molar-refractivity contribution < 1.29 is 0 Å². The van der Waals surface area contributed by atoms with Gasteiger partial charge >= 0.3 is 348 Å². The minimum absolute atomic E-state index is 0.123. The monoisotopic (exact) mass is 1110 g/mol. The van der Waals surface area contributed by atoms with Gasteiger partial charge in [0.25, 0.3) is 0 Å². The summed E-state index contributed by atoms with van der Waals surface area (Å²) < 4.78 is 10.3. The standard InChI is InChI=1S/C8H14P4.4C7H19Si2.2Sn/c1-5-11-7(3)10-12(6-2)8(4)9-11;4*1-8(2,3)7-9(4,5)6;;/h5-6,9-10H,3-4H2,1-2H3;4*7H,1-6H3;;. The molecule has 1 heterocycles. The SMILES string of the molecule is C=c1[pH]p([CH](C)[Sn]([CH]([Si](C)(C)C)[Si](C)(C)C)[CH]([Si](C)(C)C)[Si](C)(C)C)c(=C)[pH]p1[CH](C)[Sn]([CH]([Si](C)(C)C)[Si](C)(C)C)[CH]([Si](C)(C)C)[Si](C)(C)C. The van der Waals surface area contributed by atoms with Gasteiger partial charge in [0.1, 0.15) is 0 Å². The van der Waals surface area contributed by atoms with Crippen molar-refractivity contribution in [3.05, 3.63) is 9.36 Å². The second kappa shape index (κ2) is 17.7. The van der Waals surface area contributed by atoms with Crippen LogP contribution in [0.4, 0.5) is 0 Å². The van der Waals surface area contributed by atoms with Crippen LogP contribution in [0, 0.1) is 0 Å². The zero-order chi connectivity index (χ0) is 40.3. The van der Waals surface area contributed by atoms with Crippen LogP contribution < -0.4 is 9.36 Å². The third-order valence-electron chi connectivity index (χ3n) is 11.1. The predicted octanol–water partition coefficient (Wildman–Crippen LogP) is 15.4. The Kier molecular flexibility index (Phi) is 18.4. The molecule has 50 heavy (non-hydrogen) atoms. The molecule has 2 radical (unpaired) electrons. The fourth-order valence-electron chi connectivity index (χ4n) is 12.0. The van der Waals surface area contributed by atoms with E-state index in [-0.39, 0.29) is 14.4 Å². The molecule has 0 aromatic carbocycles. The molecule has 0 aliphatic carbocycles. The van der Waals surface area contributed by atoms with Crippen LogP contribution >= 0.6 is 30.2 Å². The molecule has 0 saturated heterocycles. The molecule has 0 fully saturated rings. The summed E-state index contributed by atoms with van der Waals surface area (Å²) in [7, 11) is -8.82. The molecule has 1 rings (SSSR count). The molecular formula is C36H90P4Si8Sn2. The van der Waals surface area contributed by atoms with E-state index >= 15 is 0 Å². The Hall–Kier alpha value is 4.01. The predicted molar refractivity (Wildman–Crippen MR) is 281 cm³/mol. The van der Waals surface area contributed by atoms with E-state index < -0.39 is 104 Å². The third-order valence-corrected chi connectivity index (χ3v) is 164. The zero-order valence-corrected chi connectivity index (χ0v) is 56.3. The van der Waals surface area contributed by atoms with Crippen molar-refractivity contribution in [2.45, 2.75) is 191 Å². The molecule has 0 spiro atoms. The van der Waals surface area contributed by atoms with Crippen molar-refractivity contribution in [1.82, 2.24) is 0 Å². The Balaban J connectivity index is 4.31. The van der Waals surface area contributed by atoms with Crippen LogP contribution in [-0.2, 0) is 0 Å². The van der Waals surface area contributed by atoms with E-state index in [1.165, 1.54) is 12.7 Å². The second-order valence-corrected chi connectivity index (χ2v) is 114. The molecule has 0 saturated carbocycles. The molecule has 294 valence electrons. The maximum absolute atomic E-state index is 5.23. The van der Waals surface area contributed by atoms with Crippen molar-refractivity contribution in [3.63, 3.8) is 0 Å². The van der Waals surface area contributed by atoms with Crippen LogP contribution in [0.2, 0.25) is 170 Å². The van der Waals surface area contributed by atoms with Gasteiger partial charge in [0.2, 0.25) is 0 Å². The topological polar surface area (TPSA) is 0 Å². The van der Waals surface area contributed by atoms with Crippen LogP contribution in [0.15, 0.2) is 0 Å². The summed E-state index contributed by atoms with van der Waals surface area (Å²) in [6.45, 7) is 83.5. The fourth-order valence-corrected chi connectivity index (χ4v) is 216. The first-order chi connectivity index (χ1) is 21.6.